The van der Waals surface area contributed by atoms with Crippen molar-refractivity contribution in [1.82, 2.24) is 0 Å². The molecule has 0 amide bonds. The van der Waals surface area contributed by atoms with Gasteiger partial charge in [0.2, 0.25) is 0 Å². The van der Waals surface area contributed by atoms with E-state index in [0.29, 0.717) is 22.1 Å². The van der Waals surface area contributed by atoms with Crippen LogP contribution in [0.3, 0.4) is 0 Å². The first kappa shape index (κ1) is 27.4. The Hall–Kier alpha value is -5.13. The minimum atomic E-state index is -4.51. The lowest BCUT2D eigenvalue weighted by atomic mass is 10.0. The van der Waals surface area contributed by atoms with E-state index < -0.39 is 10.1 Å². The van der Waals surface area contributed by atoms with Gasteiger partial charge in [0.1, 0.15) is 27.8 Å². The Balaban J connectivity index is 1.41. The maximum atomic E-state index is 12.0. The summed E-state index contributed by atoms with van der Waals surface area (Å²) in [4.78, 5) is -0.290. The fraction of sp³-hybridized carbons (Fsp3) is 0.0667. The van der Waals surface area contributed by atoms with Crippen LogP contribution < -0.4 is 5.73 Å². The lowest BCUT2D eigenvalue weighted by molar-refractivity contribution is 0.451. The van der Waals surface area contributed by atoms with E-state index in [2.05, 4.69) is 20.5 Å². The largest absolute Gasteiger partial charge is 0.508 e. The molecule has 11 heteroatoms. The summed E-state index contributed by atoms with van der Waals surface area (Å²) in [6, 6.07) is 23.2. The van der Waals surface area contributed by atoms with Crippen molar-refractivity contribution in [3.05, 3.63) is 96.1 Å². The van der Waals surface area contributed by atoms with Crippen LogP contribution in [-0.2, 0) is 10.1 Å². The number of aryl methyl sites for hydroxylation is 2. The summed E-state index contributed by atoms with van der Waals surface area (Å²) in [7, 11) is -4.51. The number of nitrogens with zero attached hydrogens (tertiary/aromatic N) is 4. The molecule has 10 nitrogen and oxygen atoms in total. The van der Waals surface area contributed by atoms with Crippen LogP contribution in [0.2, 0.25) is 0 Å². The monoisotopic (exact) mass is 567 g/mol. The number of phenolic OH excluding ortho intramolecular Hbond substituents is 2. The maximum absolute atomic E-state index is 12.0. The molecule has 0 saturated heterocycles. The van der Waals surface area contributed by atoms with Gasteiger partial charge in [0.15, 0.2) is 0 Å². The molecule has 0 unspecified atom stereocenters. The fourth-order valence-corrected chi connectivity index (χ4v) is 5.07. The Labute approximate surface area is 235 Å². The summed E-state index contributed by atoms with van der Waals surface area (Å²) in [6.45, 7) is 3.78. The fourth-order valence-electron chi connectivity index (χ4n) is 4.35. The molecule has 5 aromatic rings. The maximum Gasteiger partial charge on any atom is 0.295 e. The molecule has 206 valence electrons. The molecule has 0 heterocycles. The van der Waals surface area contributed by atoms with E-state index in [-0.39, 0.29) is 33.5 Å². The van der Waals surface area contributed by atoms with Gasteiger partial charge in [0.05, 0.1) is 17.1 Å². The molecule has 0 aliphatic carbocycles. The molecule has 0 radical (unpaired) electrons. The number of azo groups is 2. The molecule has 41 heavy (non-hydrogen) atoms. The molecule has 0 atom stereocenters. The SMILES string of the molecule is Cc1cc(-c2ccc(N=Nc3cc(S(=O)(=O)O)c4ccccc4c3N)c(C)c2)ccc1N=Nc1ccc(O)cc1O. The Morgan fingerprint density at radius 2 is 1.15 bits per heavy atom. The van der Waals surface area contributed by atoms with Crippen molar-refractivity contribution < 1.29 is 23.2 Å². The lowest BCUT2D eigenvalue weighted by Gasteiger charge is -2.10. The molecule has 0 aliphatic heterocycles. The molecule has 0 saturated carbocycles. The third-order valence-electron chi connectivity index (χ3n) is 6.52. The third kappa shape index (κ3) is 5.76. The predicted molar refractivity (Wildman–Crippen MR) is 158 cm³/mol. The van der Waals surface area contributed by atoms with E-state index in [1.54, 1.807) is 30.3 Å². The smallest absolute Gasteiger partial charge is 0.295 e. The number of nitrogen functional groups attached to an aromatic ring is 1. The molecule has 0 fully saturated rings. The van der Waals surface area contributed by atoms with Gasteiger partial charge in [0, 0.05) is 16.8 Å². The molecule has 0 aromatic heterocycles. The summed E-state index contributed by atoms with van der Waals surface area (Å²) < 4.78 is 33.7. The predicted octanol–water partition coefficient (Wildman–Crippen LogP) is 8.19. The average Bonchev–Trinajstić information content (AvgIpc) is 2.93. The van der Waals surface area contributed by atoms with Gasteiger partial charge in [-0.05, 0) is 78.6 Å². The van der Waals surface area contributed by atoms with Crippen molar-refractivity contribution in [1.29, 1.82) is 0 Å². The van der Waals surface area contributed by atoms with Crippen LogP contribution >= 0.6 is 0 Å². The summed E-state index contributed by atoms with van der Waals surface area (Å²) in [6.07, 6.45) is 0. The van der Waals surface area contributed by atoms with Gasteiger partial charge in [-0.1, -0.05) is 36.4 Å². The molecule has 0 aliphatic rings. The van der Waals surface area contributed by atoms with E-state index in [1.165, 1.54) is 24.3 Å². The van der Waals surface area contributed by atoms with E-state index in [9.17, 15) is 23.2 Å². The van der Waals surface area contributed by atoms with Crippen LogP contribution in [0, 0.1) is 13.8 Å². The average molecular weight is 568 g/mol. The minimum absolute atomic E-state index is 0.0612. The highest BCUT2D eigenvalue weighted by molar-refractivity contribution is 7.86. The van der Waals surface area contributed by atoms with Gasteiger partial charge in [0.25, 0.3) is 10.1 Å². The zero-order chi connectivity index (χ0) is 29.3. The van der Waals surface area contributed by atoms with Crippen LogP contribution in [0.4, 0.5) is 28.4 Å². The molecule has 5 aromatic carbocycles. The zero-order valence-corrected chi connectivity index (χ0v) is 22.8. The van der Waals surface area contributed by atoms with Crippen molar-refractivity contribution in [2.45, 2.75) is 18.7 Å². The number of benzene rings is 5. The number of anilines is 1. The second-order valence-corrected chi connectivity index (χ2v) is 10.8. The topological polar surface area (TPSA) is 170 Å². The summed E-state index contributed by atoms with van der Waals surface area (Å²) in [5.74, 6) is -0.230. The minimum Gasteiger partial charge on any atom is -0.508 e. The van der Waals surface area contributed by atoms with Crippen molar-refractivity contribution in [2.24, 2.45) is 20.5 Å². The second-order valence-electron chi connectivity index (χ2n) is 9.40. The highest BCUT2D eigenvalue weighted by atomic mass is 32.2. The van der Waals surface area contributed by atoms with Gasteiger partial charge < -0.3 is 15.9 Å². The molecular formula is C30H25N5O5S. The third-order valence-corrected chi connectivity index (χ3v) is 7.41. The van der Waals surface area contributed by atoms with E-state index >= 15 is 0 Å². The van der Waals surface area contributed by atoms with Crippen molar-refractivity contribution in [3.63, 3.8) is 0 Å². The number of hydrogen-bond donors (Lipinski definition) is 4. The highest BCUT2D eigenvalue weighted by Gasteiger charge is 2.18. The summed E-state index contributed by atoms with van der Waals surface area (Å²) in [5, 5.41) is 36.9. The standard InChI is InChI=1S/C30H25N5O5S/c1-17-13-19(7-10-24(17)32-34-26-12-9-21(36)15-28(26)37)20-8-11-25(18(2)14-20)33-35-27-16-29(41(38,39)40)22-5-3-4-6-23(22)30(27)31/h3-16,36-37H,31H2,1-2H3,(H,38,39,40). The quantitative estimate of drug-likeness (QED) is 0.0915. The van der Waals surface area contributed by atoms with Gasteiger partial charge >= 0.3 is 0 Å². The van der Waals surface area contributed by atoms with Crippen LogP contribution in [0.15, 0.2) is 110 Å². The van der Waals surface area contributed by atoms with Gasteiger partial charge in [-0.15, -0.1) is 10.2 Å². The number of fused-ring (bicyclic) bond motifs is 1. The summed E-state index contributed by atoms with van der Waals surface area (Å²) in [5.41, 5.74) is 11.6. The first-order valence-corrected chi connectivity index (χ1v) is 13.8. The molecule has 0 bridgehead atoms. The highest BCUT2D eigenvalue weighted by Crippen LogP contribution is 2.38. The first-order chi connectivity index (χ1) is 19.5. The van der Waals surface area contributed by atoms with Crippen LogP contribution in [-0.4, -0.2) is 23.2 Å². The van der Waals surface area contributed by atoms with Crippen molar-refractivity contribution >= 4 is 49.3 Å². The van der Waals surface area contributed by atoms with Gasteiger partial charge in [-0.3, -0.25) is 4.55 Å². The van der Waals surface area contributed by atoms with Crippen LogP contribution in [0.25, 0.3) is 21.9 Å². The van der Waals surface area contributed by atoms with Crippen molar-refractivity contribution in [3.8, 4) is 22.6 Å². The number of aromatic hydroxyl groups is 2. The second kappa shape index (κ2) is 10.8. The number of nitrogens with two attached hydrogens (primary N) is 1. The number of phenols is 2. The Morgan fingerprint density at radius 1 is 0.634 bits per heavy atom. The molecule has 5 N–H and O–H groups in total. The zero-order valence-electron chi connectivity index (χ0n) is 22.0. The van der Waals surface area contributed by atoms with Crippen LogP contribution in [0.1, 0.15) is 11.1 Å². The molecular weight excluding hydrogens is 542 g/mol. The van der Waals surface area contributed by atoms with E-state index in [4.69, 9.17) is 5.73 Å². The molecule has 0 spiro atoms. The van der Waals surface area contributed by atoms with E-state index in [0.717, 1.165) is 22.3 Å². The Morgan fingerprint density at radius 3 is 1.68 bits per heavy atom. The summed E-state index contributed by atoms with van der Waals surface area (Å²) >= 11 is 0. The van der Waals surface area contributed by atoms with Crippen molar-refractivity contribution in [2.75, 3.05) is 5.73 Å². The number of rotatable bonds is 6. The van der Waals surface area contributed by atoms with Gasteiger partial charge in [-0.2, -0.15) is 18.6 Å². The first-order valence-electron chi connectivity index (χ1n) is 12.4. The van der Waals surface area contributed by atoms with E-state index in [1.807, 2.05) is 44.2 Å². The number of hydrogen-bond acceptors (Lipinski definition) is 9. The molecule has 5 rings (SSSR count). The lowest BCUT2D eigenvalue weighted by Crippen LogP contribution is -2.01. The Kier molecular flexibility index (Phi) is 7.22. The van der Waals surface area contributed by atoms with Crippen LogP contribution in [0.5, 0.6) is 11.5 Å². The normalized spacial score (nSPS) is 12.1. The van der Waals surface area contributed by atoms with Gasteiger partial charge in [-0.25, -0.2) is 0 Å². The Bertz CT molecular complexity index is 1990.